The van der Waals surface area contributed by atoms with Crippen LogP contribution in [0.4, 0.5) is 5.69 Å². The van der Waals surface area contributed by atoms with Gasteiger partial charge in [-0.2, -0.15) is 5.10 Å². The Morgan fingerprint density at radius 3 is 1.82 bits per heavy atom. The number of carbonyl (C=O) groups excluding carboxylic acids is 2. The Kier molecular flexibility index (Phi) is 9.85. The van der Waals surface area contributed by atoms with Crippen molar-refractivity contribution in [2.75, 3.05) is 7.11 Å². The second-order valence-electron chi connectivity index (χ2n) is 11.6. The van der Waals surface area contributed by atoms with Gasteiger partial charge >= 0.3 is 17.6 Å². The molecular weight excluding hydrogens is 636 g/mol. The van der Waals surface area contributed by atoms with E-state index in [1.807, 2.05) is 91.0 Å². The summed E-state index contributed by atoms with van der Waals surface area (Å²) in [7, 11) is 1.36. The predicted molar refractivity (Wildman–Crippen MR) is 186 cm³/mol. The molecule has 1 aromatic heterocycles. The highest BCUT2D eigenvalue weighted by Gasteiger charge is 2.41. The third kappa shape index (κ3) is 7.02. The zero-order valence-corrected chi connectivity index (χ0v) is 27.7. The molecule has 0 amide bonds. The van der Waals surface area contributed by atoms with Gasteiger partial charge in [0, 0.05) is 34.8 Å². The number of hydrogen-bond donors (Lipinski definition) is 1. The van der Waals surface area contributed by atoms with Crippen LogP contribution in [-0.2, 0) is 32.3 Å². The molecule has 0 bridgehead atoms. The summed E-state index contributed by atoms with van der Waals surface area (Å²) in [6.45, 7) is 3.48. The highest BCUT2D eigenvalue weighted by Crippen LogP contribution is 2.44. The van der Waals surface area contributed by atoms with Gasteiger partial charge in [-0.15, -0.1) is 0 Å². The molecule has 0 radical (unpaired) electrons. The molecule has 6 rings (SSSR count). The van der Waals surface area contributed by atoms with E-state index in [9.17, 15) is 19.7 Å². The highest BCUT2D eigenvalue weighted by atomic mass is 16.6. The van der Waals surface area contributed by atoms with Crippen LogP contribution in [-0.4, -0.2) is 33.8 Å². The Morgan fingerprint density at radius 1 is 0.800 bits per heavy atom. The third-order valence-corrected chi connectivity index (χ3v) is 8.35. The maximum atomic E-state index is 14.1. The summed E-state index contributed by atoms with van der Waals surface area (Å²) in [5, 5.41) is 20.2. The lowest BCUT2D eigenvalue weighted by Gasteiger charge is -2.30. The van der Waals surface area contributed by atoms with Crippen molar-refractivity contribution in [1.82, 2.24) is 15.1 Å². The summed E-state index contributed by atoms with van der Waals surface area (Å²) in [5.74, 6) is -2.25. The number of aromatic nitrogens is 2. The van der Waals surface area contributed by atoms with Gasteiger partial charge in [-0.05, 0) is 49.2 Å². The minimum absolute atomic E-state index is 0.000462. The van der Waals surface area contributed by atoms with Crippen LogP contribution in [0.1, 0.15) is 36.5 Å². The van der Waals surface area contributed by atoms with E-state index < -0.39 is 22.8 Å². The number of esters is 2. The van der Waals surface area contributed by atoms with Gasteiger partial charge in [0.15, 0.2) is 5.75 Å². The Bertz CT molecular complexity index is 2030. The Balaban J connectivity index is 1.52. The summed E-state index contributed by atoms with van der Waals surface area (Å²) in [4.78, 5) is 39.8. The smallest absolute Gasteiger partial charge is 0.337 e. The maximum Gasteiger partial charge on any atom is 0.337 e. The topological polar surface area (TPSA) is 135 Å². The molecule has 0 saturated heterocycles. The molecule has 5 aromatic rings. The molecule has 0 atom stereocenters. The van der Waals surface area contributed by atoms with Gasteiger partial charge < -0.3 is 19.5 Å². The number of allylic oxidation sites excluding steroid dienone is 2. The average Bonchev–Trinajstić information content (AvgIpc) is 3.59. The monoisotopic (exact) mass is 670 g/mol. The van der Waals surface area contributed by atoms with Crippen molar-refractivity contribution >= 4 is 17.6 Å². The third-order valence-electron chi connectivity index (χ3n) is 8.35. The van der Waals surface area contributed by atoms with Crippen molar-refractivity contribution in [3.63, 3.8) is 0 Å². The summed E-state index contributed by atoms with van der Waals surface area (Å²) < 4.78 is 18.6. The number of hydrogen-bond acceptors (Lipinski definition) is 9. The van der Waals surface area contributed by atoms with E-state index in [4.69, 9.17) is 19.3 Å². The Morgan fingerprint density at radius 2 is 1.32 bits per heavy atom. The van der Waals surface area contributed by atoms with Crippen LogP contribution in [0.25, 0.3) is 16.9 Å². The molecule has 0 aliphatic carbocycles. The van der Waals surface area contributed by atoms with Crippen molar-refractivity contribution < 1.29 is 28.7 Å². The molecule has 2 heterocycles. The maximum absolute atomic E-state index is 14.1. The number of rotatable bonds is 11. The summed E-state index contributed by atoms with van der Waals surface area (Å²) >= 11 is 0. The van der Waals surface area contributed by atoms with Crippen LogP contribution in [0.3, 0.4) is 0 Å². The molecule has 50 heavy (non-hydrogen) atoms. The first kappa shape index (κ1) is 33.4. The fourth-order valence-electron chi connectivity index (χ4n) is 5.96. The van der Waals surface area contributed by atoms with E-state index in [1.54, 1.807) is 30.8 Å². The second-order valence-corrected chi connectivity index (χ2v) is 11.6. The molecule has 252 valence electrons. The molecule has 4 aromatic carbocycles. The van der Waals surface area contributed by atoms with E-state index in [0.717, 1.165) is 11.1 Å². The quantitative estimate of drug-likeness (QED) is 0.0881. The van der Waals surface area contributed by atoms with E-state index in [1.165, 1.54) is 19.2 Å². The first-order valence-corrected chi connectivity index (χ1v) is 15.8. The highest BCUT2D eigenvalue weighted by molar-refractivity contribution is 6.00. The number of nitro benzene ring substituents is 1. The lowest BCUT2D eigenvalue weighted by molar-refractivity contribution is -0.385. The second kappa shape index (κ2) is 14.7. The number of nitrogens with one attached hydrogen (secondary N) is 1. The molecule has 1 aliphatic rings. The van der Waals surface area contributed by atoms with E-state index in [0.29, 0.717) is 33.9 Å². The molecule has 11 heteroatoms. The number of dihydropyridines is 1. The van der Waals surface area contributed by atoms with Crippen LogP contribution in [0.2, 0.25) is 0 Å². The van der Waals surface area contributed by atoms with Crippen molar-refractivity contribution in [2.45, 2.75) is 33.0 Å². The van der Waals surface area contributed by atoms with Gasteiger partial charge in [0.05, 0.1) is 40.5 Å². The molecular formula is C39H34N4O7. The zero-order chi connectivity index (χ0) is 35.2. The van der Waals surface area contributed by atoms with Crippen LogP contribution in [0, 0.1) is 10.1 Å². The molecule has 1 N–H and O–H groups in total. The number of carbonyl (C=O) groups is 2. The minimum atomic E-state index is -1.03. The lowest BCUT2D eigenvalue weighted by Crippen LogP contribution is -2.32. The first-order chi connectivity index (χ1) is 24.2. The molecule has 0 spiro atoms. The predicted octanol–water partition coefficient (Wildman–Crippen LogP) is 7.18. The number of methoxy groups -OCH3 is 1. The number of benzene rings is 4. The SMILES string of the molecule is COc1ccc(-c2nn(-c3ccccc3)cc2C2C(C(=O)OCc3ccccc3)=C(C)NC(C)=C2C(=O)OCc2ccccc2)cc1[N+](=O)[O-]. The number of para-hydroxylation sites is 1. The molecule has 0 unspecified atom stereocenters. The van der Waals surface area contributed by atoms with Crippen molar-refractivity contribution in [3.8, 4) is 22.7 Å². The number of nitro groups is 1. The van der Waals surface area contributed by atoms with Gasteiger partial charge in [0.25, 0.3) is 0 Å². The van der Waals surface area contributed by atoms with Gasteiger partial charge in [0.1, 0.15) is 13.2 Å². The Labute approximate surface area is 288 Å². The van der Waals surface area contributed by atoms with Crippen LogP contribution in [0.15, 0.2) is 138 Å². The molecule has 0 fully saturated rings. The van der Waals surface area contributed by atoms with Crippen molar-refractivity contribution in [3.05, 3.63) is 165 Å². The molecule has 0 saturated carbocycles. The molecule has 1 aliphatic heterocycles. The fraction of sp³-hybridized carbons (Fsp3) is 0.154. The normalized spacial score (nSPS) is 13.1. The summed E-state index contributed by atoms with van der Waals surface area (Å²) in [5.41, 5.74) is 4.44. The van der Waals surface area contributed by atoms with Gasteiger partial charge in [-0.25, -0.2) is 14.3 Å². The number of nitrogens with zero attached hydrogens (tertiary/aromatic N) is 3. The van der Waals surface area contributed by atoms with Gasteiger partial charge in [-0.1, -0.05) is 78.9 Å². The van der Waals surface area contributed by atoms with E-state index in [2.05, 4.69) is 5.32 Å². The lowest BCUT2D eigenvalue weighted by atomic mass is 9.79. The first-order valence-electron chi connectivity index (χ1n) is 15.8. The van der Waals surface area contributed by atoms with Gasteiger partial charge in [-0.3, -0.25) is 10.1 Å². The van der Waals surface area contributed by atoms with Crippen LogP contribution < -0.4 is 10.1 Å². The van der Waals surface area contributed by atoms with Crippen LogP contribution in [0.5, 0.6) is 5.75 Å². The van der Waals surface area contributed by atoms with Gasteiger partial charge in [0.2, 0.25) is 0 Å². The zero-order valence-electron chi connectivity index (χ0n) is 27.7. The van der Waals surface area contributed by atoms with Crippen molar-refractivity contribution in [2.24, 2.45) is 0 Å². The van der Waals surface area contributed by atoms with Crippen molar-refractivity contribution in [1.29, 1.82) is 0 Å². The summed E-state index contributed by atoms with van der Waals surface area (Å²) in [6.07, 6.45) is 1.73. The Hall–Kier alpha value is -6.49. The van der Waals surface area contributed by atoms with E-state index >= 15 is 0 Å². The fourth-order valence-corrected chi connectivity index (χ4v) is 5.96. The standard InChI is InChI=1S/C39H34N4O7/c1-25-34(38(44)49-23-27-13-7-4-8-14-27)36(35(26(2)40-25)39(45)50-24-28-15-9-5-10-16-28)31-22-42(30-17-11-6-12-18-30)41-37(31)29-19-20-33(48-3)32(21-29)43(46)47/h4-22,36,40H,23-24H2,1-3H3. The largest absolute Gasteiger partial charge is 0.490 e. The summed E-state index contributed by atoms with van der Waals surface area (Å²) in [6, 6.07) is 32.3. The molecule has 11 nitrogen and oxygen atoms in total. The minimum Gasteiger partial charge on any atom is -0.490 e. The van der Waals surface area contributed by atoms with Crippen LogP contribution >= 0.6 is 0 Å². The van der Waals surface area contributed by atoms with E-state index in [-0.39, 0.29) is 35.8 Å². The number of ether oxygens (including phenoxy) is 3. The average molecular weight is 671 g/mol.